The van der Waals surface area contributed by atoms with Crippen molar-refractivity contribution in [2.75, 3.05) is 11.3 Å². The molecule has 0 heterocycles. The van der Waals surface area contributed by atoms with Gasteiger partial charge >= 0.3 is 0 Å². The summed E-state index contributed by atoms with van der Waals surface area (Å²) in [4.78, 5) is 10.1. The van der Waals surface area contributed by atoms with Crippen molar-refractivity contribution in [3.63, 3.8) is 0 Å². The number of anilines is 1. The molecular formula is C16H19N3O6S2. The van der Waals surface area contributed by atoms with Crippen LogP contribution in [0.3, 0.4) is 0 Å². The van der Waals surface area contributed by atoms with Crippen LogP contribution in [0.5, 0.6) is 0 Å². The molecule has 0 bridgehead atoms. The molecule has 0 aromatic heterocycles. The van der Waals surface area contributed by atoms with Gasteiger partial charge in [-0.15, -0.1) is 0 Å². The van der Waals surface area contributed by atoms with E-state index in [4.69, 9.17) is 0 Å². The number of sulfonamides is 2. The number of benzene rings is 2. The van der Waals surface area contributed by atoms with Gasteiger partial charge in [-0.05, 0) is 49.2 Å². The zero-order valence-corrected chi connectivity index (χ0v) is 16.5. The number of hydrogen-bond donors (Lipinski definition) is 2. The maximum atomic E-state index is 12.7. The molecule has 0 amide bonds. The van der Waals surface area contributed by atoms with E-state index < -0.39 is 25.0 Å². The maximum Gasteiger partial charge on any atom is 0.271 e. The van der Waals surface area contributed by atoms with Gasteiger partial charge in [-0.1, -0.05) is 6.92 Å². The van der Waals surface area contributed by atoms with Gasteiger partial charge in [-0.25, -0.2) is 21.6 Å². The van der Waals surface area contributed by atoms with E-state index in [0.717, 1.165) is 6.07 Å². The molecule has 2 aromatic carbocycles. The van der Waals surface area contributed by atoms with Crippen LogP contribution in [0.25, 0.3) is 0 Å². The van der Waals surface area contributed by atoms with Crippen molar-refractivity contribution >= 4 is 31.4 Å². The van der Waals surface area contributed by atoms with Crippen molar-refractivity contribution in [1.29, 1.82) is 0 Å². The molecule has 0 atom stereocenters. The van der Waals surface area contributed by atoms with Crippen molar-refractivity contribution in [3.05, 3.63) is 57.6 Å². The maximum absolute atomic E-state index is 12.7. The number of nitrogens with one attached hydrogen (secondary N) is 2. The predicted molar refractivity (Wildman–Crippen MR) is 101 cm³/mol. The Morgan fingerprint density at radius 3 is 2.11 bits per heavy atom. The molecule has 0 fully saturated rings. The summed E-state index contributed by atoms with van der Waals surface area (Å²) in [7, 11) is -7.75. The van der Waals surface area contributed by atoms with E-state index in [-0.39, 0.29) is 27.7 Å². The topological polar surface area (TPSA) is 135 Å². The fourth-order valence-electron chi connectivity index (χ4n) is 2.38. The van der Waals surface area contributed by atoms with Gasteiger partial charge in [0.15, 0.2) is 0 Å². The minimum Gasteiger partial charge on any atom is -0.280 e. The molecule has 0 spiro atoms. The summed E-state index contributed by atoms with van der Waals surface area (Å²) in [5.41, 5.74) is 0.663. The first-order valence-electron chi connectivity index (χ1n) is 7.86. The van der Waals surface area contributed by atoms with Crippen LogP contribution >= 0.6 is 0 Å². The Kier molecular flexibility index (Phi) is 5.88. The first kappa shape index (κ1) is 20.8. The van der Waals surface area contributed by atoms with Crippen LogP contribution in [-0.2, 0) is 20.0 Å². The van der Waals surface area contributed by atoms with Crippen LogP contribution in [0.1, 0.15) is 18.1 Å². The Balaban J connectivity index is 2.39. The lowest BCUT2D eigenvalue weighted by atomic mass is 10.1. The van der Waals surface area contributed by atoms with Crippen molar-refractivity contribution in [2.24, 2.45) is 0 Å². The Hall–Kier alpha value is -2.50. The van der Waals surface area contributed by atoms with Crippen LogP contribution in [0.15, 0.2) is 46.2 Å². The Morgan fingerprint density at radius 1 is 1.00 bits per heavy atom. The molecule has 11 heteroatoms. The van der Waals surface area contributed by atoms with Gasteiger partial charge in [0.25, 0.3) is 15.7 Å². The summed E-state index contributed by atoms with van der Waals surface area (Å²) >= 11 is 0. The molecule has 0 aliphatic carbocycles. The molecule has 2 aromatic rings. The summed E-state index contributed by atoms with van der Waals surface area (Å²) in [6, 6.07) is 7.44. The number of hydrogen-bond acceptors (Lipinski definition) is 6. The van der Waals surface area contributed by atoms with Crippen LogP contribution in [0.2, 0.25) is 0 Å². The second-order valence-corrected chi connectivity index (χ2v) is 9.19. The van der Waals surface area contributed by atoms with E-state index in [1.54, 1.807) is 20.8 Å². The van der Waals surface area contributed by atoms with E-state index in [0.29, 0.717) is 11.1 Å². The molecule has 0 saturated carbocycles. The molecule has 2 N–H and O–H groups in total. The Morgan fingerprint density at radius 2 is 1.59 bits per heavy atom. The number of nitrogens with zero attached hydrogens (tertiary/aromatic N) is 1. The first-order chi connectivity index (χ1) is 12.5. The van der Waals surface area contributed by atoms with Gasteiger partial charge < -0.3 is 0 Å². The van der Waals surface area contributed by atoms with E-state index in [1.807, 2.05) is 0 Å². The number of non-ortho nitro benzene ring substituents is 1. The third-order valence-electron chi connectivity index (χ3n) is 3.86. The molecular weight excluding hydrogens is 394 g/mol. The fourth-order valence-corrected chi connectivity index (χ4v) is 4.82. The fraction of sp³-hybridized carbons (Fsp3) is 0.250. The average Bonchev–Trinajstić information content (AvgIpc) is 2.56. The largest absolute Gasteiger partial charge is 0.280 e. The van der Waals surface area contributed by atoms with E-state index in [9.17, 15) is 26.9 Å². The molecule has 146 valence electrons. The quantitative estimate of drug-likeness (QED) is 0.528. The second-order valence-electron chi connectivity index (χ2n) is 5.77. The summed E-state index contributed by atoms with van der Waals surface area (Å²) in [6.07, 6.45) is 0. The molecule has 0 saturated heterocycles. The predicted octanol–water partition coefficient (Wildman–Crippen LogP) is 2.31. The highest BCUT2D eigenvalue weighted by molar-refractivity contribution is 7.92. The standard InChI is InChI=1S/C16H19N3O6S2/c1-4-17-26(22,23)15-7-5-13(6-8-15)18-27(24,25)16-10-14(19(20)21)9-11(2)12(16)3/h5-10,17-18H,4H2,1-3H3. The average molecular weight is 413 g/mol. The smallest absolute Gasteiger partial charge is 0.271 e. The SMILES string of the molecule is CCNS(=O)(=O)c1ccc(NS(=O)(=O)c2cc([N+](=O)[O-])cc(C)c2C)cc1. The lowest BCUT2D eigenvalue weighted by molar-refractivity contribution is -0.385. The van der Waals surface area contributed by atoms with E-state index in [1.165, 1.54) is 30.3 Å². The van der Waals surface area contributed by atoms with Crippen molar-refractivity contribution < 1.29 is 21.8 Å². The van der Waals surface area contributed by atoms with E-state index in [2.05, 4.69) is 9.44 Å². The van der Waals surface area contributed by atoms with Crippen molar-refractivity contribution in [1.82, 2.24) is 4.72 Å². The third-order valence-corrected chi connectivity index (χ3v) is 6.92. The first-order valence-corrected chi connectivity index (χ1v) is 10.8. The molecule has 0 aliphatic heterocycles. The highest BCUT2D eigenvalue weighted by Gasteiger charge is 2.23. The third kappa shape index (κ3) is 4.62. The van der Waals surface area contributed by atoms with Gasteiger partial charge in [0.1, 0.15) is 0 Å². The lowest BCUT2D eigenvalue weighted by Gasteiger charge is -2.12. The number of rotatable bonds is 7. The number of nitro benzene ring substituents is 1. The number of nitro groups is 1. The van der Waals surface area contributed by atoms with Gasteiger partial charge in [-0.3, -0.25) is 14.8 Å². The molecule has 2 rings (SSSR count). The highest BCUT2D eigenvalue weighted by Crippen LogP contribution is 2.27. The highest BCUT2D eigenvalue weighted by atomic mass is 32.2. The summed E-state index contributed by atoms with van der Waals surface area (Å²) in [6.45, 7) is 5.01. The Labute approximate surface area is 157 Å². The van der Waals surface area contributed by atoms with Gasteiger partial charge in [0.2, 0.25) is 10.0 Å². The minimum absolute atomic E-state index is 0.00493. The zero-order valence-electron chi connectivity index (χ0n) is 14.9. The molecule has 0 unspecified atom stereocenters. The summed E-state index contributed by atoms with van der Waals surface area (Å²) in [5.74, 6) is 0. The van der Waals surface area contributed by atoms with Crippen LogP contribution in [0.4, 0.5) is 11.4 Å². The Bertz CT molecular complexity index is 1080. The van der Waals surface area contributed by atoms with Gasteiger partial charge in [0.05, 0.1) is 14.7 Å². The normalized spacial score (nSPS) is 12.0. The lowest BCUT2D eigenvalue weighted by Crippen LogP contribution is -2.23. The minimum atomic E-state index is -4.10. The van der Waals surface area contributed by atoms with Gasteiger partial charge in [-0.2, -0.15) is 0 Å². The second kappa shape index (κ2) is 7.62. The van der Waals surface area contributed by atoms with Crippen LogP contribution in [-0.4, -0.2) is 28.3 Å². The van der Waals surface area contributed by atoms with E-state index >= 15 is 0 Å². The van der Waals surface area contributed by atoms with Crippen molar-refractivity contribution in [3.8, 4) is 0 Å². The molecule has 0 radical (unpaired) electrons. The molecule has 9 nitrogen and oxygen atoms in total. The van der Waals surface area contributed by atoms with Gasteiger partial charge in [0, 0.05) is 24.4 Å². The summed E-state index contributed by atoms with van der Waals surface area (Å²) in [5, 5.41) is 11.0. The number of aryl methyl sites for hydroxylation is 1. The van der Waals surface area contributed by atoms with Crippen LogP contribution in [0, 0.1) is 24.0 Å². The molecule has 0 aliphatic rings. The zero-order chi connectivity index (χ0) is 20.4. The molecule has 27 heavy (non-hydrogen) atoms. The van der Waals surface area contributed by atoms with Crippen molar-refractivity contribution in [2.45, 2.75) is 30.6 Å². The monoisotopic (exact) mass is 413 g/mol. The van der Waals surface area contributed by atoms with Crippen LogP contribution < -0.4 is 9.44 Å². The summed E-state index contributed by atoms with van der Waals surface area (Å²) < 4.78 is 53.8.